The number of nitrogens with zero attached hydrogens (tertiary/aromatic N) is 1. The molecule has 1 fully saturated rings. The Morgan fingerprint density at radius 3 is 2.10 bits per heavy atom. The van der Waals surface area contributed by atoms with Crippen molar-refractivity contribution in [3.05, 3.63) is 33.1 Å². The molecule has 1 aromatic rings. The van der Waals surface area contributed by atoms with E-state index in [2.05, 4.69) is 23.9 Å². The minimum atomic E-state index is -4.71. The molecule has 19 heteroatoms. The van der Waals surface area contributed by atoms with Gasteiger partial charge >= 0.3 is 25.8 Å². The molecule has 1 aliphatic rings. The van der Waals surface area contributed by atoms with Crippen LogP contribution in [0.5, 0.6) is 0 Å². The number of carbonyl (C=O) groups excluding carboxylic acids is 2. The first-order valence-electron chi connectivity index (χ1n) is 11.7. The highest BCUT2D eigenvalue weighted by Crippen LogP contribution is 2.52. The van der Waals surface area contributed by atoms with Gasteiger partial charge in [-0.2, -0.15) is 0 Å². The maximum atomic E-state index is 14.3. The summed E-state index contributed by atoms with van der Waals surface area (Å²) in [6.45, 7) is -2.26. The minimum absolute atomic E-state index is 0.00954. The lowest BCUT2D eigenvalue weighted by Gasteiger charge is -2.28. The number of carbonyl (C=O) groups is 2. The summed E-state index contributed by atoms with van der Waals surface area (Å²) in [5, 5.41) is 0. The van der Waals surface area contributed by atoms with Gasteiger partial charge in [0.15, 0.2) is 0 Å². The van der Waals surface area contributed by atoms with E-state index in [1.165, 1.54) is 20.4 Å². The van der Waals surface area contributed by atoms with Crippen molar-refractivity contribution >= 4 is 20.1 Å². The van der Waals surface area contributed by atoms with Gasteiger partial charge in [-0.3, -0.25) is 18.9 Å². The number of aromatic amines is 1. The van der Waals surface area contributed by atoms with Crippen LogP contribution in [0.4, 0.5) is 14.0 Å². The third-order valence-electron chi connectivity index (χ3n) is 5.20. The number of aromatic nitrogens is 2. The molecule has 1 N–H and O–H groups in total. The maximum Gasteiger partial charge on any atom is 0.510 e. The molecule has 0 amide bonds. The fourth-order valence-corrected chi connectivity index (χ4v) is 4.35. The molecule has 0 spiro atoms. The Labute approximate surface area is 227 Å². The first-order valence-corrected chi connectivity index (χ1v) is 13.2. The Morgan fingerprint density at radius 2 is 1.60 bits per heavy atom. The van der Waals surface area contributed by atoms with Crippen molar-refractivity contribution in [1.82, 2.24) is 9.55 Å². The quantitative estimate of drug-likeness (QED) is 0.116. The summed E-state index contributed by atoms with van der Waals surface area (Å²) in [6.07, 6.45) is -2.20. The first kappa shape index (κ1) is 33.3. The summed E-state index contributed by atoms with van der Waals surface area (Å²) in [4.78, 5) is 48.8. The second-order valence-corrected chi connectivity index (χ2v) is 9.88. The van der Waals surface area contributed by atoms with Crippen LogP contribution in [0.3, 0.4) is 0 Å². The van der Waals surface area contributed by atoms with Crippen molar-refractivity contribution < 1.29 is 65.3 Å². The number of nitrogens with one attached hydrogen (secondary N) is 1. The highest BCUT2D eigenvalue weighted by Gasteiger charge is 2.48. The standard InChI is InChI=1S/C21H32FN2O15P/c1-15-10-21(11-22,39-17(15)24-5-4-16(25)23-18(24)26)12-36-40(29,37-13-34-19(27)32-8-6-30-2)38-14-35-20(28)33-9-7-31-3/h4-5,15,17H,6-14H2,1-3H3,(H,23,25,26). The smallest absolute Gasteiger partial charge is 0.432 e. The fourth-order valence-electron chi connectivity index (χ4n) is 3.37. The summed E-state index contributed by atoms with van der Waals surface area (Å²) in [5.74, 6) is -0.459. The van der Waals surface area contributed by atoms with Gasteiger partial charge in [-0.05, 0) is 6.42 Å². The third-order valence-corrected chi connectivity index (χ3v) is 6.48. The number of H-pyrrole nitrogens is 1. The largest absolute Gasteiger partial charge is 0.510 e. The van der Waals surface area contributed by atoms with E-state index >= 15 is 0 Å². The number of phosphoric acid groups is 1. The van der Waals surface area contributed by atoms with Crippen LogP contribution in [0.1, 0.15) is 19.6 Å². The molecule has 0 saturated carbocycles. The van der Waals surface area contributed by atoms with Crippen LogP contribution in [0, 0.1) is 5.92 Å². The second kappa shape index (κ2) is 16.4. The van der Waals surface area contributed by atoms with Crippen molar-refractivity contribution in [2.24, 2.45) is 5.92 Å². The SMILES string of the molecule is COCCOC(=O)OCOP(=O)(OCOC(=O)OCCOC)OCC1(CF)CC(C)C(n2ccc(=O)[nH]c2=O)O1. The van der Waals surface area contributed by atoms with E-state index in [1.807, 2.05) is 0 Å². The van der Waals surface area contributed by atoms with Crippen LogP contribution in [-0.2, 0) is 51.3 Å². The number of alkyl halides is 1. The highest BCUT2D eigenvalue weighted by atomic mass is 31.2. The molecule has 1 aromatic heterocycles. The summed E-state index contributed by atoms with van der Waals surface area (Å²) in [7, 11) is -1.93. The molecule has 0 bridgehead atoms. The number of methoxy groups -OCH3 is 2. The van der Waals surface area contributed by atoms with Crippen LogP contribution >= 0.6 is 7.82 Å². The van der Waals surface area contributed by atoms with Crippen molar-refractivity contribution in [3.63, 3.8) is 0 Å². The number of hydrogen-bond acceptors (Lipinski definition) is 15. The molecule has 40 heavy (non-hydrogen) atoms. The molecule has 2 heterocycles. The zero-order valence-corrected chi connectivity index (χ0v) is 23.0. The van der Waals surface area contributed by atoms with E-state index < -0.39 is 76.0 Å². The molecule has 1 saturated heterocycles. The zero-order chi connectivity index (χ0) is 29.6. The molecule has 0 radical (unpaired) electrons. The van der Waals surface area contributed by atoms with E-state index in [0.29, 0.717) is 0 Å². The van der Waals surface area contributed by atoms with Crippen LogP contribution in [0.2, 0.25) is 0 Å². The van der Waals surface area contributed by atoms with Gasteiger partial charge in [0.1, 0.15) is 31.7 Å². The van der Waals surface area contributed by atoms with Crippen LogP contribution in [0.15, 0.2) is 21.9 Å². The molecule has 3 unspecified atom stereocenters. The van der Waals surface area contributed by atoms with Gasteiger partial charge in [0.2, 0.25) is 13.6 Å². The number of halogens is 1. The second-order valence-electron chi connectivity index (χ2n) is 8.21. The number of rotatable bonds is 17. The summed E-state index contributed by atoms with van der Waals surface area (Å²) >= 11 is 0. The molecule has 3 atom stereocenters. The van der Waals surface area contributed by atoms with E-state index in [4.69, 9.17) is 27.8 Å². The fraction of sp³-hybridized carbons (Fsp3) is 0.714. The first-order chi connectivity index (χ1) is 19.1. The predicted octanol–water partition coefficient (Wildman–Crippen LogP) is 1.47. The van der Waals surface area contributed by atoms with Gasteiger partial charge < -0.3 is 33.2 Å². The van der Waals surface area contributed by atoms with Gasteiger partial charge in [0.25, 0.3) is 5.56 Å². The average Bonchev–Trinajstić information content (AvgIpc) is 3.24. The summed E-state index contributed by atoms with van der Waals surface area (Å²) in [5.41, 5.74) is -3.12. The molecular weight excluding hydrogens is 570 g/mol. The average molecular weight is 602 g/mol. The molecule has 1 aliphatic heterocycles. The Balaban J connectivity index is 2.05. The summed E-state index contributed by atoms with van der Waals surface area (Å²) < 4.78 is 77.4. The van der Waals surface area contributed by atoms with Crippen molar-refractivity contribution in [1.29, 1.82) is 0 Å². The highest BCUT2D eigenvalue weighted by molar-refractivity contribution is 7.48. The van der Waals surface area contributed by atoms with Gasteiger partial charge in [0, 0.05) is 32.4 Å². The third kappa shape index (κ3) is 10.6. The Bertz CT molecular complexity index is 1080. The summed E-state index contributed by atoms with van der Waals surface area (Å²) in [6, 6.07) is 1.10. The normalized spacial score (nSPS) is 20.7. The van der Waals surface area contributed by atoms with E-state index in [0.717, 1.165) is 10.6 Å². The van der Waals surface area contributed by atoms with E-state index in [1.54, 1.807) is 6.92 Å². The maximum absolute atomic E-state index is 14.3. The van der Waals surface area contributed by atoms with Gasteiger partial charge in [-0.1, -0.05) is 6.92 Å². The van der Waals surface area contributed by atoms with Crippen molar-refractivity contribution in [2.45, 2.75) is 25.2 Å². The topological polar surface area (TPSA) is 198 Å². The lowest BCUT2D eigenvalue weighted by molar-refractivity contribution is -0.117. The number of hydrogen-bond donors (Lipinski definition) is 1. The van der Waals surface area contributed by atoms with Crippen LogP contribution in [0.25, 0.3) is 0 Å². The van der Waals surface area contributed by atoms with Crippen LogP contribution < -0.4 is 11.2 Å². The molecule has 17 nitrogen and oxygen atoms in total. The van der Waals surface area contributed by atoms with Gasteiger partial charge in [-0.15, -0.1) is 0 Å². The van der Waals surface area contributed by atoms with Gasteiger partial charge in [-0.25, -0.2) is 32.4 Å². The van der Waals surface area contributed by atoms with E-state index in [-0.39, 0.29) is 32.8 Å². The Hall–Kier alpha value is -2.86. The lowest BCUT2D eigenvalue weighted by atomic mass is 9.96. The number of ether oxygens (including phenoxy) is 7. The van der Waals surface area contributed by atoms with Crippen molar-refractivity contribution in [2.75, 3.05) is 67.5 Å². The van der Waals surface area contributed by atoms with Crippen molar-refractivity contribution in [3.8, 4) is 0 Å². The lowest BCUT2D eigenvalue weighted by Crippen LogP contribution is -2.38. The Kier molecular flexibility index (Phi) is 13.7. The molecule has 2 rings (SSSR count). The molecule has 0 aliphatic carbocycles. The minimum Gasteiger partial charge on any atom is -0.432 e. The molecule has 228 valence electrons. The number of phosphoric ester groups is 1. The van der Waals surface area contributed by atoms with E-state index in [9.17, 15) is 28.1 Å². The van der Waals surface area contributed by atoms with Crippen LogP contribution in [-0.4, -0.2) is 95.0 Å². The molecule has 0 aromatic carbocycles. The zero-order valence-electron chi connectivity index (χ0n) is 22.1. The monoisotopic (exact) mass is 602 g/mol. The Morgan fingerprint density at radius 1 is 1.02 bits per heavy atom. The van der Waals surface area contributed by atoms with Gasteiger partial charge in [0.05, 0.1) is 19.8 Å². The molecular formula is C21H32FN2O15P. The predicted molar refractivity (Wildman–Crippen MR) is 128 cm³/mol.